The molecule has 2 aromatic rings. The van der Waals surface area contributed by atoms with Crippen LogP contribution < -0.4 is 0 Å². The van der Waals surface area contributed by atoms with Crippen molar-refractivity contribution in [3.63, 3.8) is 0 Å². The lowest BCUT2D eigenvalue weighted by Crippen LogP contribution is -2.23. The highest BCUT2D eigenvalue weighted by Gasteiger charge is 2.27. The summed E-state index contributed by atoms with van der Waals surface area (Å²) in [5.41, 5.74) is 11.3. The zero-order valence-corrected chi connectivity index (χ0v) is 22.0. The largest absolute Gasteiger partial charge is 0.366 e. The normalized spacial score (nSPS) is 17.5. The van der Waals surface area contributed by atoms with Gasteiger partial charge in [0.15, 0.2) is 0 Å². The van der Waals surface area contributed by atoms with Gasteiger partial charge in [0, 0.05) is 18.5 Å². The molecule has 0 saturated heterocycles. The van der Waals surface area contributed by atoms with E-state index in [1.165, 1.54) is 52.0 Å². The number of aryl methyl sites for hydroxylation is 3. The number of fused-ring (bicyclic) bond motifs is 1. The number of hydrogen-bond donors (Lipinski definition) is 0. The van der Waals surface area contributed by atoms with Crippen molar-refractivity contribution in [2.75, 3.05) is 13.6 Å². The highest BCUT2D eigenvalue weighted by molar-refractivity contribution is 8.11. The highest BCUT2D eigenvalue weighted by Crippen LogP contribution is 2.41. The SMILES string of the molecule is CCN(C)C=Nc1cc(C)c(CC2=CSC(c3ccc4c(c3)C(C)(C)CCC4)=CC2)cc1C. The number of rotatable bonds is 6. The van der Waals surface area contributed by atoms with E-state index in [9.17, 15) is 0 Å². The number of thioether (sulfide) groups is 1. The van der Waals surface area contributed by atoms with Crippen LogP contribution in [0.25, 0.3) is 4.91 Å². The molecule has 0 bridgehead atoms. The molecule has 0 spiro atoms. The molecule has 0 atom stereocenters. The van der Waals surface area contributed by atoms with Crippen LogP contribution in [0.3, 0.4) is 0 Å². The van der Waals surface area contributed by atoms with Gasteiger partial charge >= 0.3 is 0 Å². The molecular formula is C30H38N2S. The van der Waals surface area contributed by atoms with E-state index < -0.39 is 0 Å². The summed E-state index contributed by atoms with van der Waals surface area (Å²) >= 11 is 1.89. The van der Waals surface area contributed by atoms with Crippen LogP contribution >= 0.6 is 11.8 Å². The zero-order chi connectivity index (χ0) is 23.6. The first-order valence-electron chi connectivity index (χ1n) is 12.3. The molecule has 0 unspecified atom stereocenters. The van der Waals surface area contributed by atoms with Crippen LogP contribution in [0.5, 0.6) is 0 Å². The fourth-order valence-electron chi connectivity index (χ4n) is 4.88. The van der Waals surface area contributed by atoms with Crippen molar-refractivity contribution >= 4 is 28.7 Å². The third-order valence-corrected chi connectivity index (χ3v) is 8.35. The van der Waals surface area contributed by atoms with Gasteiger partial charge in [-0.25, -0.2) is 4.99 Å². The molecule has 3 heteroatoms. The molecule has 174 valence electrons. The van der Waals surface area contributed by atoms with Gasteiger partial charge in [-0.15, -0.1) is 0 Å². The predicted octanol–water partition coefficient (Wildman–Crippen LogP) is 8.13. The van der Waals surface area contributed by atoms with E-state index in [1.54, 1.807) is 11.1 Å². The Labute approximate surface area is 204 Å². The Balaban J connectivity index is 1.46. The van der Waals surface area contributed by atoms with Crippen molar-refractivity contribution in [3.05, 3.63) is 80.8 Å². The van der Waals surface area contributed by atoms with Crippen molar-refractivity contribution in [2.24, 2.45) is 4.99 Å². The van der Waals surface area contributed by atoms with Crippen LogP contribution in [0.4, 0.5) is 5.69 Å². The minimum atomic E-state index is 0.294. The topological polar surface area (TPSA) is 15.6 Å². The van der Waals surface area contributed by atoms with Crippen molar-refractivity contribution in [3.8, 4) is 0 Å². The molecule has 0 amide bonds. The molecule has 2 nitrogen and oxygen atoms in total. The summed E-state index contributed by atoms with van der Waals surface area (Å²) in [6.07, 6.45) is 10.2. The lowest BCUT2D eigenvalue weighted by Gasteiger charge is -2.33. The van der Waals surface area contributed by atoms with Gasteiger partial charge in [0.1, 0.15) is 0 Å². The van der Waals surface area contributed by atoms with E-state index in [2.05, 4.69) is 93.4 Å². The summed E-state index contributed by atoms with van der Waals surface area (Å²) in [5, 5.41) is 2.39. The van der Waals surface area contributed by atoms with E-state index in [0.29, 0.717) is 5.41 Å². The maximum atomic E-state index is 4.68. The quantitative estimate of drug-likeness (QED) is 0.321. The van der Waals surface area contributed by atoms with Gasteiger partial charge in [0.05, 0.1) is 12.0 Å². The molecule has 0 N–H and O–H groups in total. The monoisotopic (exact) mass is 458 g/mol. The summed E-state index contributed by atoms with van der Waals surface area (Å²) in [4.78, 5) is 8.18. The molecule has 2 aromatic carbocycles. The predicted molar refractivity (Wildman–Crippen MR) is 147 cm³/mol. The molecule has 1 aliphatic heterocycles. The Morgan fingerprint density at radius 2 is 1.94 bits per heavy atom. The first-order chi connectivity index (χ1) is 15.8. The maximum Gasteiger partial charge on any atom is 0.0909 e. The Kier molecular flexibility index (Phi) is 7.19. The summed E-state index contributed by atoms with van der Waals surface area (Å²) in [6, 6.07) is 11.7. The van der Waals surface area contributed by atoms with Crippen molar-refractivity contribution in [1.29, 1.82) is 0 Å². The van der Waals surface area contributed by atoms with Crippen LogP contribution in [0, 0.1) is 13.8 Å². The second-order valence-corrected chi connectivity index (χ2v) is 11.2. The first-order valence-corrected chi connectivity index (χ1v) is 13.2. The molecule has 4 rings (SSSR count). The van der Waals surface area contributed by atoms with Crippen LogP contribution in [0.15, 0.2) is 52.4 Å². The van der Waals surface area contributed by atoms with Gasteiger partial charge in [-0.05, 0) is 109 Å². The number of hydrogen-bond acceptors (Lipinski definition) is 2. The fraction of sp³-hybridized carbons (Fsp3) is 0.433. The van der Waals surface area contributed by atoms with Crippen LogP contribution in [0.2, 0.25) is 0 Å². The van der Waals surface area contributed by atoms with Crippen LogP contribution in [0.1, 0.15) is 73.4 Å². The van der Waals surface area contributed by atoms with Gasteiger partial charge in [-0.3, -0.25) is 0 Å². The van der Waals surface area contributed by atoms with Crippen LogP contribution in [-0.4, -0.2) is 24.8 Å². The van der Waals surface area contributed by atoms with Gasteiger partial charge in [-0.2, -0.15) is 0 Å². The summed E-state index contributed by atoms with van der Waals surface area (Å²) in [5.74, 6) is 0. The Morgan fingerprint density at radius 3 is 2.67 bits per heavy atom. The molecule has 1 aliphatic carbocycles. The molecule has 1 heterocycles. The molecule has 0 radical (unpaired) electrons. The van der Waals surface area contributed by atoms with E-state index in [0.717, 1.165) is 25.1 Å². The van der Waals surface area contributed by atoms with Gasteiger partial charge in [0.2, 0.25) is 0 Å². The third kappa shape index (κ3) is 5.46. The first kappa shape index (κ1) is 23.9. The average molecular weight is 459 g/mol. The summed E-state index contributed by atoms with van der Waals surface area (Å²) in [7, 11) is 2.06. The molecule has 2 aliphatic rings. The minimum Gasteiger partial charge on any atom is -0.366 e. The maximum absolute atomic E-state index is 4.68. The lowest BCUT2D eigenvalue weighted by atomic mass is 9.72. The smallest absolute Gasteiger partial charge is 0.0909 e. The van der Waals surface area contributed by atoms with Crippen molar-refractivity contribution < 1.29 is 0 Å². The summed E-state index contributed by atoms with van der Waals surface area (Å²) < 4.78 is 0. The third-order valence-electron chi connectivity index (χ3n) is 7.24. The van der Waals surface area contributed by atoms with Gasteiger partial charge in [-0.1, -0.05) is 55.5 Å². The Hall–Kier alpha value is -2.26. The van der Waals surface area contributed by atoms with Crippen LogP contribution in [-0.2, 0) is 18.3 Å². The van der Waals surface area contributed by atoms with Gasteiger partial charge < -0.3 is 4.90 Å². The number of aliphatic imine (C=N–C) groups is 1. The Morgan fingerprint density at radius 1 is 1.12 bits per heavy atom. The second-order valence-electron chi connectivity index (χ2n) is 10.3. The number of allylic oxidation sites excluding steroid dienone is 2. The molecule has 0 saturated carbocycles. The average Bonchev–Trinajstić information content (AvgIpc) is 2.80. The molecular weight excluding hydrogens is 420 g/mol. The standard InChI is InChI=1S/C30H38N2S/c1-7-32(6)20-31-28-16-21(2)26(15-22(28)3)17-23-10-13-29(33-19-23)25-12-11-24-9-8-14-30(4,5)27(24)18-25/h11-13,15-16,18-20H,7-10,14,17H2,1-6H3. The molecule has 0 aromatic heterocycles. The highest BCUT2D eigenvalue weighted by atomic mass is 32.2. The van der Waals surface area contributed by atoms with E-state index in [1.807, 2.05) is 18.1 Å². The number of benzene rings is 2. The van der Waals surface area contributed by atoms with E-state index in [4.69, 9.17) is 0 Å². The van der Waals surface area contributed by atoms with Gasteiger partial charge in [0.25, 0.3) is 0 Å². The minimum absolute atomic E-state index is 0.294. The number of nitrogens with zero attached hydrogens (tertiary/aromatic N) is 2. The fourth-order valence-corrected chi connectivity index (χ4v) is 5.79. The van der Waals surface area contributed by atoms with Crippen molar-refractivity contribution in [2.45, 2.75) is 72.1 Å². The van der Waals surface area contributed by atoms with E-state index in [-0.39, 0.29) is 0 Å². The molecule has 0 fully saturated rings. The Bertz CT molecular complexity index is 1120. The lowest BCUT2D eigenvalue weighted by molar-refractivity contribution is 0.432. The zero-order valence-electron chi connectivity index (χ0n) is 21.2. The van der Waals surface area contributed by atoms with Crippen molar-refractivity contribution in [1.82, 2.24) is 4.90 Å². The summed E-state index contributed by atoms with van der Waals surface area (Å²) in [6.45, 7) is 12.3. The second kappa shape index (κ2) is 9.93. The van der Waals surface area contributed by atoms with E-state index >= 15 is 0 Å². The molecule has 33 heavy (non-hydrogen) atoms.